The Labute approximate surface area is 290 Å². The maximum Gasteiger partial charge on any atom is 0.254 e. The van der Waals surface area contributed by atoms with Crippen molar-refractivity contribution < 1.29 is 39.8 Å². The number of nitrogens with zero attached hydrogens (tertiary/aromatic N) is 2. The van der Waals surface area contributed by atoms with E-state index in [1.54, 1.807) is 13.1 Å². The normalized spacial score (nSPS) is 17.8. The quantitative estimate of drug-likeness (QED) is 0.121. The molecule has 10 nitrogen and oxygen atoms in total. The summed E-state index contributed by atoms with van der Waals surface area (Å²) in [5.41, 5.74) is 4.26. The Hall–Kier alpha value is -2.80. The number of unbranched alkanes of at least 4 members (excludes halogenated alkanes) is 1. The molecule has 2 aliphatic rings. The second kappa shape index (κ2) is 16.3. The van der Waals surface area contributed by atoms with E-state index < -0.39 is 42.5 Å². The third kappa shape index (κ3) is 8.67. The number of aromatic nitrogens is 1. The summed E-state index contributed by atoms with van der Waals surface area (Å²) in [7, 11) is 0. The number of halogens is 2. The third-order valence-electron chi connectivity index (χ3n) is 9.06. The largest absolute Gasteiger partial charge is 0.490 e. The number of aliphatic hydroxyl groups excluding tert-OH is 5. The lowest BCUT2D eigenvalue weighted by atomic mass is 9.96. The highest BCUT2D eigenvalue weighted by Gasteiger charge is 2.48. The van der Waals surface area contributed by atoms with E-state index in [9.17, 15) is 25.2 Å². The van der Waals surface area contributed by atoms with Crippen LogP contribution in [-0.4, -0.2) is 91.5 Å². The van der Waals surface area contributed by atoms with E-state index in [1.165, 1.54) is 4.90 Å². The number of ether oxygens (including phenoxy) is 2. The van der Waals surface area contributed by atoms with E-state index in [2.05, 4.69) is 11.1 Å². The van der Waals surface area contributed by atoms with Gasteiger partial charge in [0.15, 0.2) is 6.10 Å². The highest BCUT2D eigenvalue weighted by Crippen LogP contribution is 2.53. The zero-order valence-corrected chi connectivity index (χ0v) is 28.5. The molecule has 0 radical (unpaired) electrons. The Morgan fingerprint density at radius 1 is 1.00 bits per heavy atom. The molecule has 0 unspecified atom stereocenters. The van der Waals surface area contributed by atoms with Gasteiger partial charge in [-0.1, -0.05) is 41.4 Å². The average molecular weight is 704 g/mol. The molecular formula is C36H44Cl2N2O8. The highest BCUT2D eigenvalue weighted by molar-refractivity contribution is 6.34. The predicted octanol–water partition coefficient (Wildman–Crippen LogP) is 4.41. The van der Waals surface area contributed by atoms with Crippen LogP contribution in [0.5, 0.6) is 5.75 Å². The van der Waals surface area contributed by atoms with Crippen molar-refractivity contribution in [1.29, 1.82) is 0 Å². The van der Waals surface area contributed by atoms with Gasteiger partial charge in [0.25, 0.3) is 5.91 Å². The maximum atomic E-state index is 12.7. The van der Waals surface area contributed by atoms with Gasteiger partial charge in [-0.3, -0.25) is 9.78 Å². The number of para-hydroxylation sites is 1. The highest BCUT2D eigenvalue weighted by atomic mass is 35.5. The molecule has 0 saturated heterocycles. The molecule has 5 N–H and O–H groups in total. The Morgan fingerprint density at radius 3 is 2.40 bits per heavy atom. The second-order valence-electron chi connectivity index (χ2n) is 12.6. The van der Waals surface area contributed by atoms with E-state index in [0.29, 0.717) is 35.9 Å². The number of aliphatic hydroxyl groups is 5. The molecule has 260 valence electrons. The fourth-order valence-electron chi connectivity index (χ4n) is 5.80. The molecule has 5 rings (SSSR count). The van der Waals surface area contributed by atoms with Crippen LogP contribution in [0.15, 0.2) is 54.9 Å². The molecular weight excluding hydrogens is 659 g/mol. The number of pyridine rings is 1. The molecule has 1 heterocycles. The van der Waals surface area contributed by atoms with Crippen LogP contribution < -0.4 is 4.74 Å². The molecule has 2 fully saturated rings. The van der Waals surface area contributed by atoms with Crippen molar-refractivity contribution in [2.24, 2.45) is 0 Å². The molecule has 4 atom stereocenters. The molecule has 3 aromatic rings. The summed E-state index contributed by atoms with van der Waals surface area (Å²) in [6.07, 6.45) is 2.24. The van der Waals surface area contributed by atoms with Gasteiger partial charge in [-0.2, -0.15) is 0 Å². The van der Waals surface area contributed by atoms with Crippen LogP contribution in [0.3, 0.4) is 0 Å². The van der Waals surface area contributed by atoms with E-state index >= 15 is 0 Å². The van der Waals surface area contributed by atoms with Crippen LogP contribution >= 0.6 is 23.2 Å². The molecule has 0 spiro atoms. The number of amides is 1. The summed E-state index contributed by atoms with van der Waals surface area (Å²) in [5, 5.41) is 49.8. The summed E-state index contributed by atoms with van der Waals surface area (Å²) in [5.74, 6) is 0.0936. The van der Waals surface area contributed by atoms with E-state index in [4.69, 9.17) is 37.8 Å². The number of rotatable bonds is 18. The van der Waals surface area contributed by atoms with Gasteiger partial charge in [0.2, 0.25) is 0 Å². The second-order valence-corrected chi connectivity index (χ2v) is 13.4. The monoisotopic (exact) mass is 702 g/mol. The summed E-state index contributed by atoms with van der Waals surface area (Å²) >= 11 is 13.4. The number of benzene rings is 2. The third-order valence-corrected chi connectivity index (χ3v) is 9.76. The van der Waals surface area contributed by atoms with Gasteiger partial charge >= 0.3 is 0 Å². The van der Waals surface area contributed by atoms with Gasteiger partial charge in [0, 0.05) is 46.7 Å². The van der Waals surface area contributed by atoms with Crippen molar-refractivity contribution in [3.63, 3.8) is 0 Å². The van der Waals surface area contributed by atoms with Crippen molar-refractivity contribution in [1.82, 2.24) is 9.88 Å². The number of likely N-dealkylation sites (N-methyl/N-ethyl adjacent to an activating group) is 1. The van der Waals surface area contributed by atoms with Crippen molar-refractivity contribution in [2.45, 2.75) is 94.6 Å². The first-order chi connectivity index (χ1) is 23.1. The molecule has 0 aliphatic heterocycles. The van der Waals surface area contributed by atoms with Crippen LogP contribution in [0, 0.1) is 0 Å². The number of carbonyl (C=O) groups is 1. The Balaban J connectivity index is 1.17. The van der Waals surface area contributed by atoms with Crippen LogP contribution in [0.25, 0.3) is 11.1 Å². The summed E-state index contributed by atoms with van der Waals surface area (Å²) in [6.45, 7) is 1.75. The van der Waals surface area contributed by atoms with E-state index in [1.807, 2.05) is 42.6 Å². The maximum absolute atomic E-state index is 12.7. The van der Waals surface area contributed by atoms with Gasteiger partial charge in [-0.05, 0) is 92.8 Å². The molecule has 2 aromatic carbocycles. The molecule has 0 bridgehead atoms. The Kier molecular flexibility index (Phi) is 12.4. The fraction of sp³-hybridized carbons (Fsp3) is 0.500. The first kappa shape index (κ1) is 36.5. The minimum absolute atomic E-state index is 0.269. The van der Waals surface area contributed by atoms with Crippen molar-refractivity contribution >= 4 is 29.1 Å². The standard InChI is InChI=1S/C36H44Cl2N2O8/c1-2-40(35(46)34(45)33(44)32(43)30(42)20-41)16-6-5-7-22-17-29(38)23(18-28(22)37)21-47-36(13-14-36)27-19-39-15-12-25(27)26-8-3-4-9-31(26)48-24-10-11-24/h3-4,8-9,12,15,17-19,24,30,32-34,41-45H,2,5-7,10-11,13-14,16,20-21H2,1H3/t30-,32+,33-,34-/m1/s1. The summed E-state index contributed by atoms with van der Waals surface area (Å²) < 4.78 is 12.8. The molecule has 2 saturated carbocycles. The van der Waals surface area contributed by atoms with Crippen LogP contribution in [-0.2, 0) is 28.2 Å². The SMILES string of the molecule is CCN(CCCCc1cc(Cl)c(COC2(c3cnccc3-c3ccccc3OC3CC3)CC2)cc1Cl)C(=O)[C@H](O)[C@H](O)[C@@H](O)[C@H](O)CO. The van der Waals surface area contributed by atoms with Crippen LogP contribution in [0.4, 0.5) is 0 Å². The smallest absolute Gasteiger partial charge is 0.254 e. The van der Waals surface area contributed by atoms with Crippen molar-refractivity contribution in [2.75, 3.05) is 19.7 Å². The van der Waals surface area contributed by atoms with Crippen molar-refractivity contribution in [3.05, 3.63) is 81.6 Å². The van der Waals surface area contributed by atoms with Gasteiger partial charge in [-0.15, -0.1) is 0 Å². The molecule has 12 heteroatoms. The lowest BCUT2D eigenvalue weighted by Gasteiger charge is -2.29. The lowest BCUT2D eigenvalue weighted by Crippen LogP contribution is -2.52. The predicted molar refractivity (Wildman–Crippen MR) is 182 cm³/mol. The topological polar surface area (TPSA) is 153 Å². The molecule has 1 amide bonds. The van der Waals surface area contributed by atoms with Gasteiger partial charge in [0.1, 0.15) is 24.1 Å². The number of aryl methyl sites for hydroxylation is 1. The molecule has 48 heavy (non-hydrogen) atoms. The van der Waals surface area contributed by atoms with E-state index in [-0.39, 0.29) is 19.3 Å². The lowest BCUT2D eigenvalue weighted by molar-refractivity contribution is -0.158. The minimum atomic E-state index is -1.94. The Morgan fingerprint density at radius 2 is 1.71 bits per heavy atom. The van der Waals surface area contributed by atoms with Crippen LogP contribution in [0.2, 0.25) is 10.0 Å². The fourth-order valence-corrected chi connectivity index (χ4v) is 6.32. The number of hydrogen-bond donors (Lipinski definition) is 5. The summed E-state index contributed by atoms with van der Waals surface area (Å²) in [6, 6.07) is 13.8. The number of hydrogen-bond acceptors (Lipinski definition) is 9. The first-order valence-corrected chi connectivity index (χ1v) is 17.3. The average Bonchev–Trinajstić information content (AvgIpc) is 4.05. The van der Waals surface area contributed by atoms with Crippen molar-refractivity contribution in [3.8, 4) is 16.9 Å². The van der Waals surface area contributed by atoms with Gasteiger partial charge in [0.05, 0.1) is 24.9 Å². The molecule has 1 aromatic heterocycles. The zero-order chi connectivity index (χ0) is 34.4. The molecule has 2 aliphatic carbocycles. The first-order valence-electron chi connectivity index (χ1n) is 16.5. The van der Waals surface area contributed by atoms with Crippen LogP contribution in [0.1, 0.15) is 62.1 Å². The zero-order valence-electron chi connectivity index (χ0n) is 27.0. The summed E-state index contributed by atoms with van der Waals surface area (Å²) in [4.78, 5) is 18.5. The number of carbonyl (C=O) groups excluding carboxylic acids is 1. The van der Waals surface area contributed by atoms with Gasteiger partial charge < -0.3 is 39.9 Å². The Bertz CT molecular complexity index is 1550. The minimum Gasteiger partial charge on any atom is -0.490 e. The van der Waals surface area contributed by atoms with Gasteiger partial charge in [-0.25, -0.2) is 0 Å². The van der Waals surface area contributed by atoms with E-state index in [0.717, 1.165) is 59.3 Å².